The van der Waals surface area contributed by atoms with E-state index in [2.05, 4.69) is 10.3 Å². The number of hydrogen-bond donors (Lipinski definition) is 1. The first-order valence-electron chi connectivity index (χ1n) is 5.81. The van der Waals surface area contributed by atoms with Gasteiger partial charge in [-0.15, -0.1) is 5.10 Å². The highest BCUT2D eigenvalue weighted by Crippen LogP contribution is 2.11. The smallest absolute Gasteiger partial charge is 0.113 e. The van der Waals surface area contributed by atoms with Crippen LogP contribution in [0.1, 0.15) is 25.7 Å². The summed E-state index contributed by atoms with van der Waals surface area (Å²) in [4.78, 5) is 0. The fourth-order valence-corrected chi connectivity index (χ4v) is 1.81. The Morgan fingerprint density at radius 3 is 2.75 bits per heavy atom. The lowest BCUT2D eigenvalue weighted by molar-refractivity contribution is 0.282. The standard InChI is InChI=1S/C12H17N3O/c16-10-6-2-1-5-9-15-12-8-4-3-7-11(12)13-14-15/h3-4,7-8,16H,1-2,5-6,9-10H2. The van der Waals surface area contributed by atoms with Gasteiger partial charge in [0.25, 0.3) is 0 Å². The van der Waals surface area contributed by atoms with Gasteiger partial charge in [-0.25, -0.2) is 4.68 Å². The zero-order chi connectivity index (χ0) is 11.2. The summed E-state index contributed by atoms with van der Waals surface area (Å²) in [6.45, 7) is 1.21. The van der Waals surface area contributed by atoms with Gasteiger partial charge in [0.05, 0.1) is 5.52 Å². The zero-order valence-electron chi connectivity index (χ0n) is 9.34. The maximum absolute atomic E-state index is 8.66. The summed E-state index contributed by atoms with van der Waals surface area (Å²) < 4.78 is 1.95. The average molecular weight is 219 g/mol. The molecule has 2 rings (SSSR count). The van der Waals surface area contributed by atoms with E-state index in [1.165, 1.54) is 0 Å². The molecule has 0 unspecified atom stereocenters. The highest BCUT2D eigenvalue weighted by atomic mass is 16.2. The van der Waals surface area contributed by atoms with Gasteiger partial charge < -0.3 is 5.11 Å². The normalized spacial score (nSPS) is 11.1. The van der Waals surface area contributed by atoms with E-state index in [1.54, 1.807) is 0 Å². The largest absolute Gasteiger partial charge is 0.396 e. The molecule has 0 radical (unpaired) electrons. The van der Waals surface area contributed by atoms with Crippen molar-refractivity contribution in [1.82, 2.24) is 15.0 Å². The number of benzene rings is 1. The summed E-state index contributed by atoms with van der Waals surface area (Å²) in [5.41, 5.74) is 2.06. The molecule has 0 bridgehead atoms. The van der Waals surface area contributed by atoms with Crippen LogP contribution in [0.4, 0.5) is 0 Å². The molecule has 2 aromatic rings. The third-order valence-corrected chi connectivity index (χ3v) is 2.70. The van der Waals surface area contributed by atoms with Gasteiger partial charge in [0.2, 0.25) is 0 Å². The van der Waals surface area contributed by atoms with Gasteiger partial charge in [-0.2, -0.15) is 0 Å². The molecule has 1 heterocycles. The molecule has 4 heteroatoms. The van der Waals surface area contributed by atoms with Crippen LogP contribution in [0.2, 0.25) is 0 Å². The lowest BCUT2D eigenvalue weighted by Gasteiger charge is -2.01. The molecule has 86 valence electrons. The number of para-hydroxylation sites is 1. The molecule has 1 aromatic carbocycles. The predicted molar refractivity (Wildman–Crippen MR) is 63.1 cm³/mol. The molecule has 0 amide bonds. The van der Waals surface area contributed by atoms with Crippen LogP contribution in [-0.2, 0) is 6.54 Å². The van der Waals surface area contributed by atoms with Gasteiger partial charge in [0.15, 0.2) is 0 Å². The fourth-order valence-electron chi connectivity index (χ4n) is 1.81. The van der Waals surface area contributed by atoms with Crippen molar-refractivity contribution in [3.05, 3.63) is 24.3 Å². The Morgan fingerprint density at radius 2 is 1.88 bits per heavy atom. The van der Waals surface area contributed by atoms with Gasteiger partial charge in [0, 0.05) is 13.2 Å². The summed E-state index contributed by atoms with van der Waals surface area (Å²) in [7, 11) is 0. The van der Waals surface area contributed by atoms with Crippen LogP contribution < -0.4 is 0 Å². The molecule has 0 fully saturated rings. The molecular weight excluding hydrogens is 202 g/mol. The molecule has 0 saturated heterocycles. The summed E-state index contributed by atoms with van der Waals surface area (Å²) >= 11 is 0. The molecule has 1 N–H and O–H groups in total. The minimum Gasteiger partial charge on any atom is -0.396 e. The Kier molecular flexibility index (Phi) is 3.88. The van der Waals surface area contributed by atoms with Crippen molar-refractivity contribution in [2.75, 3.05) is 6.61 Å². The number of aromatic nitrogens is 3. The van der Waals surface area contributed by atoms with E-state index >= 15 is 0 Å². The predicted octanol–water partition coefficient (Wildman–Crippen LogP) is 1.98. The van der Waals surface area contributed by atoms with Crippen molar-refractivity contribution in [1.29, 1.82) is 0 Å². The van der Waals surface area contributed by atoms with Crippen molar-refractivity contribution < 1.29 is 5.11 Å². The molecule has 16 heavy (non-hydrogen) atoms. The third-order valence-electron chi connectivity index (χ3n) is 2.70. The molecule has 0 atom stereocenters. The first-order chi connectivity index (χ1) is 7.92. The van der Waals surface area contributed by atoms with Gasteiger partial charge >= 0.3 is 0 Å². The Morgan fingerprint density at radius 1 is 1.06 bits per heavy atom. The molecule has 0 aliphatic heterocycles. The monoisotopic (exact) mass is 219 g/mol. The highest BCUT2D eigenvalue weighted by molar-refractivity contribution is 5.73. The second-order valence-corrected chi connectivity index (χ2v) is 3.94. The Bertz CT molecular complexity index is 439. The summed E-state index contributed by atoms with van der Waals surface area (Å²) in [5, 5.41) is 16.9. The Labute approximate surface area is 94.9 Å². The van der Waals surface area contributed by atoms with Crippen LogP contribution in [-0.4, -0.2) is 26.7 Å². The average Bonchev–Trinajstić information content (AvgIpc) is 2.73. The zero-order valence-corrected chi connectivity index (χ0v) is 9.34. The van der Waals surface area contributed by atoms with Gasteiger partial charge in [-0.05, 0) is 25.0 Å². The fraction of sp³-hybridized carbons (Fsp3) is 0.500. The summed E-state index contributed by atoms with van der Waals surface area (Å²) in [6, 6.07) is 8.00. The van der Waals surface area contributed by atoms with Crippen molar-refractivity contribution in [3.63, 3.8) is 0 Å². The molecule has 0 aliphatic rings. The van der Waals surface area contributed by atoms with E-state index in [0.717, 1.165) is 43.3 Å². The maximum Gasteiger partial charge on any atom is 0.113 e. The van der Waals surface area contributed by atoms with Crippen molar-refractivity contribution in [3.8, 4) is 0 Å². The van der Waals surface area contributed by atoms with E-state index in [-0.39, 0.29) is 0 Å². The third kappa shape index (κ3) is 2.58. The van der Waals surface area contributed by atoms with E-state index in [0.29, 0.717) is 6.61 Å². The van der Waals surface area contributed by atoms with Crippen molar-refractivity contribution >= 4 is 11.0 Å². The molecule has 0 saturated carbocycles. The number of unbranched alkanes of at least 4 members (excludes halogenated alkanes) is 3. The number of aliphatic hydroxyl groups excluding tert-OH is 1. The van der Waals surface area contributed by atoms with E-state index in [9.17, 15) is 0 Å². The molecular formula is C12H17N3O. The van der Waals surface area contributed by atoms with E-state index < -0.39 is 0 Å². The van der Waals surface area contributed by atoms with Crippen LogP contribution in [0.3, 0.4) is 0 Å². The Balaban J connectivity index is 1.89. The minimum atomic E-state index is 0.298. The topological polar surface area (TPSA) is 50.9 Å². The summed E-state index contributed by atoms with van der Waals surface area (Å²) in [5.74, 6) is 0. The first-order valence-corrected chi connectivity index (χ1v) is 5.81. The number of fused-ring (bicyclic) bond motifs is 1. The van der Waals surface area contributed by atoms with Crippen molar-refractivity contribution in [2.24, 2.45) is 0 Å². The number of aryl methyl sites for hydroxylation is 1. The van der Waals surface area contributed by atoms with Gasteiger partial charge in [-0.3, -0.25) is 0 Å². The van der Waals surface area contributed by atoms with Gasteiger partial charge in [-0.1, -0.05) is 30.2 Å². The second-order valence-electron chi connectivity index (χ2n) is 3.94. The van der Waals surface area contributed by atoms with Crippen LogP contribution in [0, 0.1) is 0 Å². The van der Waals surface area contributed by atoms with Crippen LogP contribution in [0.25, 0.3) is 11.0 Å². The Hall–Kier alpha value is -1.42. The van der Waals surface area contributed by atoms with Crippen molar-refractivity contribution in [2.45, 2.75) is 32.2 Å². The lowest BCUT2D eigenvalue weighted by atomic mass is 10.2. The van der Waals surface area contributed by atoms with Crippen LogP contribution >= 0.6 is 0 Å². The summed E-state index contributed by atoms with van der Waals surface area (Å²) in [6.07, 6.45) is 4.21. The molecule has 0 aliphatic carbocycles. The number of hydrogen-bond acceptors (Lipinski definition) is 3. The number of nitrogens with zero attached hydrogens (tertiary/aromatic N) is 3. The maximum atomic E-state index is 8.66. The quantitative estimate of drug-likeness (QED) is 0.756. The van der Waals surface area contributed by atoms with Gasteiger partial charge in [0.1, 0.15) is 5.52 Å². The SMILES string of the molecule is OCCCCCCn1nnc2ccccc21. The van der Waals surface area contributed by atoms with E-state index in [4.69, 9.17) is 5.11 Å². The molecule has 4 nitrogen and oxygen atoms in total. The molecule has 1 aromatic heterocycles. The second kappa shape index (κ2) is 5.61. The highest BCUT2D eigenvalue weighted by Gasteiger charge is 2.01. The number of aliphatic hydroxyl groups is 1. The first kappa shape index (κ1) is 11.1. The van der Waals surface area contributed by atoms with Crippen LogP contribution in [0.5, 0.6) is 0 Å². The van der Waals surface area contributed by atoms with Crippen LogP contribution in [0.15, 0.2) is 24.3 Å². The molecule has 0 spiro atoms. The lowest BCUT2D eigenvalue weighted by Crippen LogP contribution is -2.00. The minimum absolute atomic E-state index is 0.298. The number of rotatable bonds is 6. The van der Waals surface area contributed by atoms with E-state index in [1.807, 2.05) is 28.9 Å².